The van der Waals surface area contributed by atoms with Gasteiger partial charge in [0.25, 0.3) is 0 Å². The number of hydrogen-bond acceptors (Lipinski definition) is 21. The molecule has 0 radical (unpaired) electrons. The van der Waals surface area contributed by atoms with E-state index in [9.17, 15) is 73.5 Å². The summed E-state index contributed by atoms with van der Waals surface area (Å²) in [6, 6.07) is 10.5. The maximum absolute atomic E-state index is 15.1. The largest absolute Gasteiger partial charge is 0.508 e. The summed E-state index contributed by atoms with van der Waals surface area (Å²) in [6.45, 7) is 11.0. The topological polar surface area (TPSA) is 511 Å². The highest BCUT2D eigenvalue weighted by molar-refractivity contribution is 7.98. The number of amides is 11. The van der Waals surface area contributed by atoms with Crippen LogP contribution in [0.5, 0.6) is 11.5 Å². The monoisotopic (exact) mass is 1610 g/mol. The van der Waals surface area contributed by atoms with E-state index in [2.05, 4.69) is 68.1 Å². The smallest absolute Gasteiger partial charge is 0.303 e. The first kappa shape index (κ1) is 90.2. The number of thioether (sulfide) groups is 2. The van der Waals surface area contributed by atoms with Gasteiger partial charge < -0.3 is 89.4 Å². The Morgan fingerprint density at radius 2 is 1.04 bits per heavy atom. The van der Waals surface area contributed by atoms with Crippen molar-refractivity contribution in [3.8, 4) is 11.5 Å². The molecule has 6 aromatic rings. The van der Waals surface area contributed by atoms with Crippen molar-refractivity contribution < 1.29 is 87.9 Å². The number of H-pyrrole nitrogens is 1. The number of hydrogen-bond donors (Lipinski definition) is 17. The van der Waals surface area contributed by atoms with Gasteiger partial charge in [-0.25, -0.2) is 4.98 Å². The number of aliphatic carboxylic acids is 1. The number of phenols is 2. The van der Waals surface area contributed by atoms with Crippen LogP contribution in [0.3, 0.4) is 0 Å². The molecule has 0 aliphatic carbocycles. The van der Waals surface area contributed by atoms with E-state index in [0.717, 1.165) is 11.1 Å². The minimum Gasteiger partial charge on any atom is -0.508 e. The number of aliphatic hydroxyl groups excluding tert-OH is 2. The highest BCUT2D eigenvalue weighted by Gasteiger charge is 2.40. The van der Waals surface area contributed by atoms with Crippen molar-refractivity contribution in [1.29, 1.82) is 0 Å². The van der Waals surface area contributed by atoms with Crippen LogP contribution in [0.2, 0.25) is 0 Å². The van der Waals surface area contributed by atoms with Crippen molar-refractivity contribution >= 4 is 111 Å². The summed E-state index contributed by atoms with van der Waals surface area (Å²) in [5.41, 5.74) is 8.13. The molecule has 1 aliphatic heterocycles. The van der Waals surface area contributed by atoms with E-state index >= 15 is 14.4 Å². The Bertz CT molecular complexity index is 4310. The summed E-state index contributed by atoms with van der Waals surface area (Å²) in [5.74, 6) is -13.3. The molecule has 114 heavy (non-hydrogen) atoms. The van der Waals surface area contributed by atoms with Gasteiger partial charge in [-0.3, -0.25) is 67.3 Å². The van der Waals surface area contributed by atoms with Gasteiger partial charge in [0.1, 0.15) is 65.9 Å². The second-order valence-corrected chi connectivity index (χ2v) is 31.5. The van der Waals surface area contributed by atoms with Crippen molar-refractivity contribution in [2.45, 2.75) is 210 Å². The fraction of sp³-hybridized carbons (Fsp3) is 0.463. The number of carbonyl (C=O) groups excluding carboxylic acids is 12. The standard InChI is InChI=1S/C80H104N14O18S2/c1-8-13-57-72(105)87-59(27-28-67(101)102)73(106)90-61(32-46-19-23-53(97)24-20-46)75(108)86-58(14-9-2)74(107)94-68(45(4)96)78(111)92-64(70(81)103)42-114-41-49-16-12-15-48(31-49)40-113-30-29-66(100)93-69(80(5,6)7)79(112)91-62(33-47-21-25-54(98)26-22-47)76(109)88-60(35-52-39-83-43-84-52)65(99)36-56(44(3)95)71(104)89-63(77(110)85-57)34-51-38-82-37-50-17-10-11-18-55(50)51/h10-12,15-26,31,37-39,43-45,56-64,68-69,95-98H,8-9,13-14,27-30,32-36,40-42H2,1-7H3,(H2,81,103)(H,83,84)(H,85,110)(H,86,108)(H,87,105)(H,88,109)(H,89,104)(H,90,106)(H,91,112)(H,92,111)(H,93,100)(H,94,107)(H,101,102)/t44-,45-,56+,57+,58+,59+,60+,61+,62+,63+,64+,68+,69-/m1/s1. The predicted molar refractivity (Wildman–Crippen MR) is 426 cm³/mol. The molecule has 13 atom stereocenters. The average molecular weight is 1610 g/mol. The van der Waals surface area contributed by atoms with E-state index < -0.39 is 180 Å². The van der Waals surface area contributed by atoms with Gasteiger partial charge in [0.15, 0.2) is 5.78 Å². The first-order valence-electron chi connectivity index (χ1n) is 37.7. The van der Waals surface area contributed by atoms with E-state index in [1.54, 1.807) is 65.1 Å². The average Bonchev–Trinajstić information content (AvgIpc) is 0.831. The van der Waals surface area contributed by atoms with E-state index in [-0.39, 0.29) is 75.0 Å². The number of Topliss-reactive ketones (excluding diaryl/α,β-unsaturated/α-hetero) is 1. The molecule has 7 rings (SSSR count). The lowest BCUT2D eigenvalue weighted by Crippen LogP contribution is -2.61. The zero-order valence-corrected chi connectivity index (χ0v) is 66.3. The molecule has 2 aromatic heterocycles. The van der Waals surface area contributed by atoms with Crippen LogP contribution >= 0.6 is 23.5 Å². The number of nitrogens with one attached hydrogen (secondary N) is 11. The molecule has 2 bridgehead atoms. The summed E-state index contributed by atoms with van der Waals surface area (Å²) in [7, 11) is 0. The van der Waals surface area contributed by atoms with Gasteiger partial charge in [0, 0.05) is 97.6 Å². The van der Waals surface area contributed by atoms with Gasteiger partial charge in [-0.2, -0.15) is 23.5 Å². The minimum absolute atomic E-state index is 0.0345. The third-order valence-electron chi connectivity index (χ3n) is 19.0. The van der Waals surface area contributed by atoms with Crippen molar-refractivity contribution in [2.24, 2.45) is 17.1 Å². The van der Waals surface area contributed by atoms with Crippen molar-refractivity contribution in [3.63, 3.8) is 0 Å². The Hall–Kier alpha value is -11.0. The van der Waals surface area contributed by atoms with Crippen molar-refractivity contribution in [2.75, 3.05) is 11.5 Å². The zero-order valence-electron chi connectivity index (χ0n) is 64.7. The van der Waals surface area contributed by atoms with E-state index in [1.807, 2.05) is 24.3 Å². The van der Waals surface area contributed by atoms with Gasteiger partial charge in [-0.05, 0) is 96.0 Å². The molecular weight excluding hydrogens is 1510 g/mol. The number of ketones is 1. The van der Waals surface area contributed by atoms with Crippen molar-refractivity contribution in [3.05, 3.63) is 155 Å². The third kappa shape index (κ3) is 28.3. The van der Waals surface area contributed by atoms with Crippen molar-refractivity contribution in [1.82, 2.24) is 68.1 Å². The number of benzene rings is 4. The normalized spacial score (nSPS) is 23.4. The Morgan fingerprint density at radius 1 is 0.535 bits per heavy atom. The van der Waals surface area contributed by atoms with Crippen LogP contribution in [0.15, 0.2) is 122 Å². The lowest BCUT2D eigenvalue weighted by Gasteiger charge is -2.32. The SMILES string of the molecule is CCC[C@@H]1NC(=O)[C@H](Cc2cncc3ccccc23)NC(=O)[C@H]([C@@H](C)O)CC(=O)[C@H](Cc2cnc[nH]2)NC(=O)[C@H](Cc2ccc(O)cc2)NC(=O)[C@H](C(C)(C)C)NC(=O)CCSCc2cccc(c2)CSC[C@@H](C(N)=O)NC(=O)[C@H]([C@@H](C)O)NC(=O)[C@H](CCC)NC(=O)[C@H](Cc2ccc(O)cc2)NC(=O)[C@H](CCC(=O)O)NC1=O. The van der Waals surface area contributed by atoms with Crippen LogP contribution in [0.4, 0.5) is 0 Å². The molecular formula is C80H104N14O18S2. The van der Waals surface area contributed by atoms with Crippen LogP contribution < -0.4 is 58.9 Å². The van der Waals surface area contributed by atoms with Crippen LogP contribution in [0, 0.1) is 11.3 Å². The highest BCUT2D eigenvalue weighted by Crippen LogP contribution is 2.25. The predicted octanol–water partition coefficient (Wildman–Crippen LogP) is 2.39. The summed E-state index contributed by atoms with van der Waals surface area (Å²) in [4.78, 5) is 198. The van der Waals surface area contributed by atoms with Crippen LogP contribution in [0.1, 0.15) is 133 Å². The Morgan fingerprint density at radius 3 is 1.57 bits per heavy atom. The quantitative estimate of drug-likeness (QED) is 0.0587. The zero-order chi connectivity index (χ0) is 83.3. The van der Waals surface area contributed by atoms with Gasteiger partial charge in [0.05, 0.1) is 30.5 Å². The van der Waals surface area contributed by atoms with Gasteiger partial charge in [-0.1, -0.05) is 120 Å². The van der Waals surface area contributed by atoms with Gasteiger partial charge in [0.2, 0.25) is 65.0 Å². The Balaban J connectivity index is 1.26. The molecule has 4 aromatic carbocycles. The van der Waals surface area contributed by atoms with E-state index in [1.165, 1.54) is 105 Å². The van der Waals surface area contributed by atoms with E-state index in [0.29, 0.717) is 50.4 Å². The van der Waals surface area contributed by atoms with Gasteiger partial charge >= 0.3 is 5.97 Å². The Labute approximate surface area is 668 Å². The number of pyridine rings is 1. The third-order valence-corrected chi connectivity index (χ3v) is 21.1. The first-order valence-corrected chi connectivity index (χ1v) is 40.0. The molecule has 11 amide bonds. The number of aromatic nitrogens is 3. The minimum atomic E-state index is -1.76. The lowest BCUT2D eigenvalue weighted by atomic mass is 9.85. The maximum atomic E-state index is 15.1. The number of aromatic amines is 1. The molecule has 3 heterocycles. The fourth-order valence-corrected chi connectivity index (χ4v) is 14.6. The summed E-state index contributed by atoms with van der Waals surface area (Å²) in [6.07, 6.45) is -0.470. The summed E-state index contributed by atoms with van der Waals surface area (Å²) < 4.78 is 0. The summed E-state index contributed by atoms with van der Waals surface area (Å²) >= 11 is 2.68. The molecule has 0 saturated heterocycles. The molecule has 18 N–H and O–H groups in total. The number of aromatic hydroxyl groups is 2. The van der Waals surface area contributed by atoms with Crippen LogP contribution in [0.25, 0.3) is 10.8 Å². The number of carbonyl (C=O) groups is 13. The number of imidazole rings is 1. The number of aliphatic hydroxyl groups is 2. The molecule has 0 spiro atoms. The number of carboxylic acids is 1. The first-order chi connectivity index (χ1) is 54.2. The number of rotatable bonds is 18. The second kappa shape index (κ2) is 43.9. The molecule has 1 aliphatic rings. The number of primary amides is 1. The van der Waals surface area contributed by atoms with Gasteiger partial charge in [-0.15, -0.1) is 0 Å². The maximum Gasteiger partial charge on any atom is 0.303 e. The number of fused-ring (bicyclic) bond motifs is 3. The lowest BCUT2D eigenvalue weighted by molar-refractivity contribution is -0.139. The molecule has 0 fully saturated rings. The number of nitrogens with zero attached hydrogens (tertiary/aromatic N) is 2. The van der Waals surface area contributed by atoms with Crippen LogP contribution in [-0.4, -0.2) is 201 Å². The fourth-order valence-electron chi connectivity index (χ4n) is 12.7. The van der Waals surface area contributed by atoms with Crippen LogP contribution in [-0.2, 0) is 99.5 Å². The highest BCUT2D eigenvalue weighted by atomic mass is 32.2. The number of carboxylic acid groups (broad SMARTS) is 1. The number of phenolic OH excluding ortho intramolecular Hbond substituents is 2. The van der Waals surface area contributed by atoms with E-state index in [4.69, 9.17) is 5.73 Å². The molecule has 34 heteroatoms. The molecule has 614 valence electrons. The second-order valence-electron chi connectivity index (χ2n) is 29.4. The number of nitrogens with two attached hydrogens (primary N) is 1. The Kier molecular flexibility index (Phi) is 34.7. The molecule has 32 nitrogen and oxygen atoms in total. The summed E-state index contributed by atoms with van der Waals surface area (Å²) in [5, 5.41) is 80.6. The molecule has 0 saturated carbocycles. The molecule has 0 unspecified atom stereocenters.